The molecule has 0 saturated heterocycles. The fourth-order valence-electron chi connectivity index (χ4n) is 3.14. The molecule has 5 heteroatoms. The topological polar surface area (TPSA) is 53.5 Å². The Balaban J connectivity index is 2.10. The van der Waals surface area contributed by atoms with Gasteiger partial charge in [-0.2, -0.15) is 0 Å². The van der Waals surface area contributed by atoms with Crippen LogP contribution in [0.4, 0.5) is 11.4 Å². The first kappa shape index (κ1) is 16.2. The average Bonchev–Trinajstić information content (AvgIpc) is 2.72. The lowest BCUT2D eigenvalue weighted by atomic mass is 10.1. The van der Waals surface area contributed by atoms with Crippen LogP contribution in [-0.4, -0.2) is 29.9 Å². The third-order valence-electron chi connectivity index (χ3n) is 4.31. The van der Waals surface area contributed by atoms with Crippen LogP contribution >= 0.6 is 0 Å². The van der Waals surface area contributed by atoms with Gasteiger partial charge >= 0.3 is 0 Å². The number of fused-ring (bicyclic) bond motifs is 1. The van der Waals surface area contributed by atoms with Crippen molar-refractivity contribution >= 4 is 23.2 Å². The SMILES string of the molecule is CC(=O)N1C[C@H](C)CN(C(=O)c2cccnc2C)c2ccccc21. The minimum atomic E-state index is -0.0784. The highest BCUT2D eigenvalue weighted by atomic mass is 16.2. The molecule has 1 aromatic heterocycles. The summed E-state index contributed by atoms with van der Waals surface area (Å²) >= 11 is 0. The number of hydrogen-bond donors (Lipinski definition) is 0. The van der Waals surface area contributed by atoms with Gasteiger partial charge in [0.15, 0.2) is 0 Å². The summed E-state index contributed by atoms with van der Waals surface area (Å²) < 4.78 is 0. The van der Waals surface area contributed by atoms with E-state index in [9.17, 15) is 9.59 Å². The molecule has 0 N–H and O–H groups in total. The molecule has 0 radical (unpaired) electrons. The summed E-state index contributed by atoms with van der Waals surface area (Å²) in [6.07, 6.45) is 1.68. The first-order valence-electron chi connectivity index (χ1n) is 8.09. The van der Waals surface area contributed by atoms with Crippen molar-refractivity contribution in [3.05, 3.63) is 53.9 Å². The number of carbonyl (C=O) groups excluding carboxylic acids is 2. The van der Waals surface area contributed by atoms with Crippen molar-refractivity contribution in [1.82, 2.24) is 4.98 Å². The third-order valence-corrected chi connectivity index (χ3v) is 4.31. The second-order valence-corrected chi connectivity index (χ2v) is 6.28. The maximum Gasteiger partial charge on any atom is 0.260 e. The molecule has 1 aliphatic rings. The second kappa shape index (κ2) is 6.43. The van der Waals surface area contributed by atoms with Gasteiger partial charge in [0.1, 0.15) is 0 Å². The number of nitrogens with zero attached hydrogens (tertiary/aromatic N) is 3. The van der Waals surface area contributed by atoms with E-state index in [1.165, 1.54) is 0 Å². The molecule has 0 unspecified atom stereocenters. The van der Waals surface area contributed by atoms with Gasteiger partial charge in [0.2, 0.25) is 5.91 Å². The van der Waals surface area contributed by atoms with Crippen LogP contribution in [0, 0.1) is 12.8 Å². The number of hydrogen-bond acceptors (Lipinski definition) is 3. The van der Waals surface area contributed by atoms with Crippen molar-refractivity contribution in [2.75, 3.05) is 22.9 Å². The molecule has 0 bridgehead atoms. The molecule has 2 amide bonds. The summed E-state index contributed by atoms with van der Waals surface area (Å²) in [6, 6.07) is 11.1. The van der Waals surface area contributed by atoms with Gasteiger partial charge < -0.3 is 9.80 Å². The molecule has 124 valence electrons. The highest BCUT2D eigenvalue weighted by Gasteiger charge is 2.30. The quantitative estimate of drug-likeness (QED) is 0.810. The second-order valence-electron chi connectivity index (χ2n) is 6.28. The van der Waals surface area contributed by atoms with Crippen LogP contribution in [-0.2, 0) is 4.79 Å². The summed E-state index contributed by atoms with van der Waals surface area (Å²) in [4.78, 5) is 33.0. The monoisotopic (exact) mass is 323 g/mol. The van der Waals surface area contributed by atoms with Gasteiger partial charge in [-0.05, 0) is 37.1 Å². The van der Waals surface area contributed by atoms with E-state index >= 15 is 0 Å². The minimum absolute atomic E-state index is 0.0128. The van der Waals surface area contributed by atoms with E-state index in [-0.39, 0.29) is 17.7 Å². The van der Waals surface area contributed by atoms with Gasteiger partial charge in [-0.15, -0.1) is 0 Å². The lowest BCUT2D eigenvalue weighted by Crippen LogP contribution is -2.36. The van der Waals surface area contributed by atoms with Gasteiger partial charge in [0.25, 0.3) is 5.91 Å². The maximum absolute atomic E-state index is 13.1. The van der Waals surface area contributed by atoms with Gasteiger partial charge in [0.05, 0.1) is 16.9 Å². The molecular formula is C19H21N3O2. The number of aromatic nitrogens is 1. The molecule has 1 aromatic carbocycles. The Morgan fingerprint density at radius 3 is 2.29 bits per heavy atom. The fourth-order valence-corrected chi connectivity index (χ4v) is 3.14. The number of amides is 2. The zero-order valence-electron chi connectivity index (χ0n) is 14.2. The van der Waals surface area contributed by atoms with Crippen molar-refractivity contribution in [2.45, 2.75) is 20.8 Å². The molecule has 3 rings (SSSR count). The van der Waals surface area contributed by atoms with E-state index in [0.717, 1.165) is 11.4 Å². The molecule has 0 spiro atoms. The highest BCUT2D eigenvalue weighted by Crippen LogP contribution is 2.34. The maximum atomic E-state index is 13.1. The molecular weight excluding hydrogens is 302 g/mol. The van der Waals surface area contributed by atoms with E-state index in [2.05, 4.69) is 11.9 Å². The summed E-state index contributed by atoms with van der Waals surface area (Å²) in [7, 11) is 0. The van der Waals surface area contributed by atoms with Crippen LogP contribution in [0.2, 0.25) is 0 Å². The van der Waals surface area contributed by atoms with Crippen LogP contribution in [0.15, 0.2) is 42.6 Å². The van der Waals surface area contributed by atoms with Gasteiger partial charge in [-0.25, -0.2) is 0 Å². The minimum Gasteiger partial charge on any atom is -0.310 e. The number of rotatable bonds is 1. The zero-order chi connectivity index (χ0) is 17.3. The smallest absolute Gasteiger partial charge is 0.260 e. The fraction of sp³-hybridized carbons (Fsp3) is 0.316. The molecule has 0 fully saturated rings. The average molecular weight is 323 g/mol. The number of aryl methyl sites for hydroxylation is 1. The predicted octanol–water partition coefficient (Wildman–Crippen LogP) is 3.04. The number of pyridine rings is 1. The Labute approximate surface area is 141 Å². The van der Waals surface area contributed by atoms with E-state index in [4.69, 9.17) is 0 Å². The first-order valence-corrected chi connectivity index (χ1v) is 8.09. The van der Waals surface area contributed by atoms with Gasteiger partial charge in [0, 0.05) is 31.9 Å². The normalized spacial score (nSPS) is 17.2. The van der Waals surface area contributed by atoms with Crippen LogP contribution in [0.3, 0.4) is 0 Å². The van der Waals surface area contributed by atoms with Crippen LogP contribution in [0.1, 0.15) is 29.9 Å². The van der Waals surface area contributed by atoms with Crippen molar-refractivity contribution in [1.29, 1.82) is 0 Å². The number of anilines is 2. The van der Waals surface area contributed by atoms with E-state index < -0.39 is 0 Å². The molecule has 2 aromatic rings. The standard InChI is InChI=1S/C19H21N3O2/c1-13-11-21(15(3)23)17-8-4-5-9-18(17)22(12-13)19(24)16-7-6-10-20-14(16)2/h4-10,13H,11-12H2,1-3H3/t13-/m0/s1. The van der Waals surface area contributed by atoms with E-state index in [1.807, 2.05) is 31.2 Å². The largest absolute Gasteiger partial charge is 0.310 e. The Bertz CT molecular complexity index is 788. The Kier molecular flexibility index (Phi) is 4.34. The molecule has 24 heavy (non-hydrogen) atoms. The van der Waals surface area contributed by atoms with Gasteiger partial charge in [-0.3, -0.25) is 14.6 Å². The Morgan fingerprint density at radius 1 is 1.04 bits per heavy atom. The van der Waals surface area contributed by atoms with E-state index in [1.54, 1.807) is 35.1 Å². The Morgan fingerprint density at radius 2 is 1.67 bits per heavy atom. The summed E-state index contributed by atoms with van der Waals surface area (Å²) in [5.41, 5.74) is 2.85. The lowest BCUT2D eigenvalue weighted by molar-refractivity contribution is -0.116. The van der Waals surface area contributed by atoms with Crippen LogP contribution in [0.25, 0.3) is 0 Å². The number of carbonyl (C=O) groups is 2. The van der Waals surface area contributed by atoms with E-state index in [0.29, 0.717) is 24.3 Å². The highest BCUT2D eigenvalue weighted by molar-refractivity contribution is 6.10. The van der Waals surface area contributed by atoms with Crippen molar-refractivity contribution in [3.8, 4) is 0 Å². The van der Waals surface area contributed by atoms with Crippen molar-refractivity contribution in [3.63, 3.8) is 0 Å². The van der Waals surface area contributed by atoms with Crippen molar-refractivity contribution < 1.29 is 9.59 Å². The number of para-hydroxylation sites is 2. The zero-order valence-corrected chi connectivity index (χ0v) is 14.2. The molecule has 2 heterocycles. The molecule has 0 aliphatic carbocycles. The summed E-state index contributed by atoms with van der Waals surface area (Å²) in [5, 5.41) is 0. The summed E-state index contributed by atoms with van der Waals surface area (Å²) in [5.74, 6) is 0.0775. The molecule has 0 saturated carbocycles. The molecule has 1 aliphatic heterocycles. The predicted molar refractivity (Wildman–Crippen MR) is 94.3 cm³/mol. The molecule has 5 nitrogen and oxygen atoms in total. The third kappa shape index (κ3) is 2.89. The van der Waals surface area contributed by atoms with Crippen molar-refractivity contribution in [2.24, 2.45) is 5.92 Å². The van der Waals surface area contributed by atoms with Crippen LogP contribution < -0.4 is 9.80 Å². The Hall–Kier alpha value is -2.69. The first-order chi connectivity index (χ1) is 11.5. The number of benzene rings is 1. The van der Waals surface area contributed by atoms with Crippen LogP contribution in [0.5, 0.6) is 0 Å². The van der Waals surface area contributed by atoms with Gasteiger partial charge in [-0.1, -0.05) is 19.1 Å². The lowest BCUT2D eigenvalue weighted by Gasteiger charge is -2.25. The molecule has 1 atom stereocenters. The summed E-state index contributed by atoms with van der Waals surface area (Å²) in [6.45, 7) is 6.61.